The first-order valence-corrected chi connectivity index (χ1v) is 9.16. The Balaban J connectivity index is 1.72. The van der Waals surface area contributed by atoms with E-state index in [1.807, 2.05) is 0 Å². The topological polar surface area (TPSA) is 78.5 Å². The van der Waals surface area contributed by atoms with E-state index in [-0.39, 0.29) is 18.5 Å². The van der Waals surface area contributed by atoms with Gasteiger partial charge in [-0.05, 0) is 37.0 Å². The van der Waals surface area contributed by atoms with Crippen LogP contribution in [0.25, 0.3) is 0 Å². The van der Waals surface area contributed by atoms with Gasteiger partial charge in [-0.1, -0.05) is 38.3 Å². The van der Waals surface area contributed by atoms with Gasteiger partial charge in [0.25, 0.3) is 5.91 Å². The highest BCUT2D eigenvalue weighted by Gasteiger charge is 2.51. The fraction of sp³-hybridized carbons (Fsp3) is 0.526. The summed E-state index contributed by atoms with van der Waals surface area (Å²) in [5.41, 5.74) is -0.745. The maximum atomic E-state index is 13.2. The van der Waals surface area contributed by atoms with E-state index in [1.54, 1.807) is 6.92 Å². The van der Waals surface area contributed by atoms with Crippen LogP contribution in [0, 0.1) is 5.82 Å². The van der Waals surface area contributed by atoms with Crippen LogP contribution in [0.5, 0.6) is 0 Å². The van der Waals surface area contributed by atoms with Crippen LogP contribution in [0.3, 0.4) is 0 Å². The third kappa shape index (κ3) is 3.43. The molecule has 0 bridgehead atoms. The molecule has 1 saturated carbocycles. The molecule has 1 atom stereocenters. The lowest BCUT2D eigenvalue weighted by Crippen LogP contribution is -2.46. The summed E-state index contributed by atoms with van der Waals surface area (Å²) in [5, 5.41) is 5.61. The number of carbonyl (C=O) groups is 3. The van der Waals surface area contributed by atoms with Crippen LogP contribution in [0.4, 0.5) is 9.18 Å². The Kier molecular flexibility index (Phi) is 5.25. The highest BCUT2D eigenvalue weighted by Crippen LogP contribution is 2.32. The van der Waals surface area contributed by atoms with E-state index in [2.05, 4.69) is 10.6 Å². The van der Waals surface area contributed by atoms with Gasteiger partial charge in [-0.3, -0.25) is 14.5 Å². The number of imide groups is 1. The number of hydrogen-bond donors (Lipinski definition) is 2. The Morgan fingerprint density at radius 3 is 2.50 bits per heavy atom. The third-order valence-corrected chi connectivity index (χ3v) is 5.32. The zero-order valence-electron chi connectivity index (χ0n) is 14.9. The van der Waals surface area contributed by atoms with E-state index in [9.17, 15) is 18.8 Å². The van der Waals surface area contributed by atoms with Crippen molar-refractivity contribution in [2.75, 3.05) is 6.54 Å². The fourth-order valence-corrected chi connectivity index (χ4v) is 3.81. The molecule has 140 valence electrons. The lowest BCUT2D eigenvalue weighted by atomic mass is 9.87. The summed E-state index contributed by atoms with van der Waals surface area (Å²) in [6.07, 6.45) is 5.51. The minimum Gasteiger partial charge on any atom is -0.352 e. The molecule has 4 amide bonds. The van der Waals surface area contributed by atoms with Gasteiger partial charge in [-0.25, -0.2) is 9.18 Å². The number of amides is 4. The maximum absolute atomic E-state index is 13.2. The first kappa shape index (κ1) is 18.4. The second-order valence-corrected chi connectivity index (χ2v) is 6.99. The molecule has 2 N–H and O–H groups in total. The van der Waals surface area contributed by atoms with E-state index in [1.165, 1.54) is 30.7 Å². The van der Waals surface area contributed by atoms with Gasteiger partial charge >= 0.3 is 6.03 Å². The normalized spacial score (nSPS) is 23.8. The van der Waals surface area contributed by atoms with Gasteiger partial charge in [-0.2, -0.15) is 0 Å². The van der Waals surface area contributed by atoms with Crippen LogP contribution in [-0.4, -0.2) is 35.3 Å². The third-order valence-electron chi connectivity index (χ3n) is 5.32. The lowest BCUT2D eigenvalue weighted by molar-refractivity contribution is -0.135. The Morgan fingerprint density at radius 1 is 1.23 bits per heavy atom. The molecule has 0 spiro atoms. The van der Waals surface area contributed by atoms with E-state index >= 15 is 0 Å². The van der Waals surface area contributed by atoms with E-state index in [0.717, 1.165) is 30.6 Å². The molecule has 2 fully saturated rings. The van der Waals surface area contributed by atoms with Gasteiger partial charge in [0.15, 0.2) is 0 Å². The monoisotopic (exact) mass is 361 g/mol. The van der Waals surface area contributed by atoms with Gasteiger partial charge < -0.3 is 10.6 Å². The molecular weight excluding hydrogens is 337 g/mol. The number of nitrogens with zero attached hydrogens (tertiary/aromatic N) is 1. The van der Waals surface area contributed by atoms with Crippen LogP contribution in [-0.2, 0) is 15.1 Å². The Labute approximate surface area is 152 Å². The predicted octanol–water partition coefficient (Wildman–Crippen LogP) is 2.43. The molecule has 1 heterocycles. The molecule has 1 aliphatic heterocycles. The molecule has 26 heavy (non-hydrogen) atoms. The molecule has 0 aromatic heterocycles. The van der Waals surface area contributed by atoms with Gasteiger partial charge in [0.1, 0.15) is 17.9 Å². The first-order valence-electron chi connectivity index (χ1n) is 9.16. The highest BCUT2D eigenvalue weighted by atomic mass is 19.1. The average molecular weight is 361 g/mol. The van der Waals surface area contributed by atoms with Crippen molar-refractivity contribution < 1.29 is 18.8 Å². The molecule has 3 rings (SSSR count). The summed E-state index contributed by atoms with van der Waals surface area (Å²) in [6, 6.07) is 5.01. The molecule has 1 aromatic carbocycles. The number of benzene rings is 1. The summed E-state index contributed by atoms with van der Waals surface area (Å²) in [6.45, 7) is 1.47. The van der Waals surface area contributed by atoms with Crippen LogP contribution < -0.4 is 10.6 Å². The number of carbonyl (C=O) groups excluding carboxylic acids is 3. The lowest BCUT2D eigenvalue weighted by Gasteiger charge is -2.26. The minimum absolute atomic E-state index is 0.116. The van der Waals surface area contributed by atoms with Crippen LogP contribution in [0.2, 0.25) is 0 Å². The standard InChI is InChI=1S/C19H24FN3O3/c1-2-19(13-8-10-14(20)11-9-13)17(25)23(18(26)22-19)12-16(24)21-15-6-4-3-5-7-15/h8-11,15H,2-7,12H2,1H3,(H,21,24)(H,22,26)/t19-/m1/s1. The zero-order valence-corrected chi connectivity index (χ0v) is 14.9. The fourth-order valence-electron chi connectivity index (χ4n) is 3.81. The van der Waals surface area contributed by atoms with Crippen molar-refractivity contribution >= 4 is 17.8 Å². The summed E-state index contributed by atoms with van der Waals surface area (Å²) in [5.74, 6) is -1.22. The summed E-state index contributed by atoms with van der Waals surface area (Å²) in [4.78, 5) is 38.6. The van der Waals surface area contributed by atoms with Crippen molar-refractivity contribution in [3.05, 3.63) is 35.6 Å². The predicted molar refractivity (Wildman–Crippen MR) is 93.6 cm³/mol. The number of rotatable bonds is 5. The highest BCUT2D eigenvalue weighted by molar-refractivity contribution is 6.09. The molecule has 6 nitrogen and oxygen atoms in total. The van der Waals surface area contributed by atoms with Crippen LogP contribution in [0.1, 0.15) is 51.0 Å². The van der Waals surface area contributed by atoms with E-state index < -0.39 is 23.3 Å². The van der Waals surface area contributed by atoms with E-state index in [4.69, 9.17) is 0 Å². The van der Waals surface area contributed by atoms with Crippen molar-refractivity contribution in [3.8, 4) is 0 Å². The maximum Gasteiger partial charge on any atom is 0.325 e. The molecule has 7 heteroatoms. The number of halogens is 1. The van der Waals surface area contributed by atoms with Gasteiger partial charge in [0.05, 0.1) is 0 Å². The summed E-state index contributed by atoms with van der Waals surface area (Å²) >= 11 is 0. The summed E-state index contributed by atoms with van der Waals surface area (Å²) in [7, 11) is 0. The van der Waals surface area contributed by atoms with Crippen molar-refractivity contribution in [2.24, 2.45) is 0 Å². The van der Waals surface area contributed by atoms with Crippen molar-refractivity contribution in [1.29, 1.82) is 0 Å². The van der Waals surface area contributed by atoms with E-state index in [0.29, 0.717) is 12.0 Å². The Bertz CT molecular complexity index is 700. The molecule has 1 saturated heterocycles. The van der Waals surface area contributed by atoms with Gasteiger partial charge in [0.2, 0.25) is 5.91 Å². The molecule has 1 aliphatic carbocycles. The first-order chi connectivity index (χ1) is 12.5. The van der Waals surface area contributed by atoms with Gasteiger partial charge in [0, 0.05) is 6.04 Å². The second-order valence-electron chi connectivity index (χ2n) is 6.99. The molecular formula is C19H24FN3O3. The minimum atomic E-state index is -1.25. The number of urea groups is 1. The number of nitrogens with one attached hydrogen (secondary N) is 2. The SMILES string of the molecule is CC[C@]1(c2ccc(F)cc2)NC(=O)N(CC(=O)NC2CCCCC2)C1=O. The van der Waals surface area contributed by atoms with Gasteiger partial charge in [-0.15, -0.1) is 0 Å². The zero-order chi connectivity index (χ0) is 18.7. The van der Waals surface area contributed by atoms with Crippen LogP contribution >= 0.6 is 0 Å². The van der Waals surface area contributed by atoms with Crippen molar-refractivity contribution in [2.45, 2.75) is 57.0 Å². The largest absolute Gasteiger partial charge is 0.352 e. The molecule has 1 aromatic rings. The average Bonchev–Trinajstić information content (AvgIpc) is 2.88. The van der Waals surface area contributed by atoms with Crippen molar-refractivity contribution in [1.82, 2.24) is 15.5 Å². The summed E-state index contributed by atoms with van der Waals surface area (Å²) < 4.78 is 13.2. The molecule has 0 unspecified atom stereocenters. The second kappa shape index (κ2) is 7.43. The Morgan fingerprint density at radius 2 is 1.88 bits per heavy atom. The quantitative estimate of drug-likeness (QED) is 0.791. The van der Waals surface area contributed by atoms with Crippen molar-refractivity contribution in [3.63, 3.8) is 0 Å². The Hall–Kier alpha value is -2.44. The molecule has 2 aliphatic rings. The van der Waals surface area contributed by atoms with Crippen LogP contribution in [0.15, 0.2) is 24.3 Å². The molecule has 0 radical (unpaired) electrons. The number of hydrogen-bond acceptors (Lipinski definition) is 3. The smallest absolute Gasteiger partial charge is 0.325 e.